The third-order valence-corrected chi connectivity index (χ3v) is 12.3. The molecule has 0 aliphatic heterocycles. The Balaban J connectivity index is 4.39. The van der Waals surface area contributed by atoms with Crippen molar-refractivity contribution in [1.29, 1.82) is 0 Å². The van der Waals surface area contributed by atoms with Gasteiger partial charge in [-0.05, 0) is 45.8 Å². The van der Waals surface area contributed by atoms with Gasteiger partial charge in [-0.3, -0.25) is 0 Å². The van der Waals surface area contributed by atoms with Gasteiger partial charge >= 0.3 is 8.56 Å². The van der Waals surface area contributed by atoms with E-state index in [0.29, 0.717) is 0 Å². The highest BCUT2D eigenvalue weighted by atomic mass is 28.5. The third kappa shape index (κ3) is 5.42. The van der Waals surface area contributed by atoms with Crippen molar-refractivity contribution in [2.24, 2.45) is 0 Å². The van der Waals surface area contributed by atoms with Crippen molar-refractivity contribution in [3.05, 3.63) is 0 Å². The van der Waals surface area contributed by atoms with Crippen LogP contribution in [-0.2, 0) is 8.23 Å². The van der Waals surface area contributed by atoms with Gasteiger partial charge in [0, 0.05) is 0 Å². The number of nitrogens with one attached hydrogen (secondary N) is 1. The molecule has 0 aromatic heterocycles. The Morgan fingerprint density at radius 2 is 1.71 bits per heavy atom. The second-order valence-corrected chi connectivity index (χ2v) is 14.9. The molecule has 0 aliphatic carbocycles. The van der Waals surface area contributed by atoms with E-state index in [1.807, 2.05) is 7.05 Å². The Bertz CT molecular complexity index is 178. The van der Waals surface area contributed by atoms with Crippen LogP contribution in [-0.4, -0.2) is 33.1 Å². The quantitative estimate of drug-likeness (QED) is 0.733. The molecule has 0 amide bonds. The fourth-order valence-corrected chi connectivity index (χ4v) is 11.9. The fourth-order valence-electron chi connectivity index (χ4n) is 1.27. The zero-order valence-electron chi connectivity index (χ0n) is 10.6. The lowest BCUT2D eigenvalue weighted by Crippen LogP contribution is -2.56. The maximum atomic E-state index is 6.21. The number of rotatable bonds is 6. The van der Waals surface area contributed by atoms with Crippen LogP contribution in [0.3, 0.4) is 0 Å². The Labute approximate surface area is 92.4 Å². The molecule has 0 fully saturated rings. The Kier molecular flexibility index (Phi) is 5.78. The molecule has 0 heterocycles. The molecule has 1 atom stereocenters. The molecule has 0 saturated heterocycles. The monoisotopic (exact) mass is 251 g/mol. The minimum atomic E-state index is -1.88. The van der Waals surface area contributed by atoms with Crippen LogP contribution < -0.4 is 4.98 Å². The molecule has 0 radical (unpaired) electrons. The average molecular weight is 252 g/mol. The summed E-state index contributed by atoms with van der Waals surface area (Å²) in [6.07, 6.45) is 0. The van der Waals surface area contributed by atoms with Crippen molar-refractivity contribution in [3.8, 4) is 0 Å². The second kappa shape index (κ2) is 5.57. The molecule has 0 spiro atoms. The normalized spacial score (nSPS) is 17.1. The first-order valence-electron chi connectivity index (χ1n) is 5.31. The van der Waals surface area contributed by atoms with E-state index in [9.17, 15) is 0 Å². The van der Waals surface area contributed by atoms with E-state index in [-0.39, 0.29) is 0 Å². The first-order chi connectivity index (χ1) is 6.24. The zero-order chi connectivity index (χ0) is 11.4. The molecule has 1 unspecified atom stereocenters. The maximum absolute atomic E-state index is 6.21. The minimum Gasteiger partial charge on any atom is -0.439 e. The summed E-state index contributed by atoms with van der Waals surface area (Å²) < 4.78 is 12.3. The largest absolute Gasteiger partial charge is 0.439 e. The number of hydrogen-bond acceptors (Lipinski definition) is 3. The van der Waals surface area contributed by atoms with Crippen molar-refractivity contribution < 1.29 is 8.23 Å². The molecule has 6 heteroatoms. The maximum Gasteiger partial charge on any atom is 0.314 e. The summed E-state index contributed by atoms with van der Waals surface area (Å²) in [5.74, 6) is 0. The summed E-state index contributed by atoms with van der Waals surface area (Å²) in [6, 6.07) is 1.04. The minimum absolute atomic E-state index is 0.983. The van der Waals surface area contributed by atoms with E-state index < -0.39 is 26.1 Å². The average Bonchev–Trinajstić information content (AvgIpc) is 2.02. The summed E-state index contributed by atoms with van der Waals surface area (Å²) in [5, 5.41) is 0. The van der Waals surface area contributed by atoms with Gasteiger partial charge in [-0.15, -0.1) is 0 Å². The highest BCUT2D eigenvalue weighted by Crippen LogP contribution is 2.18. The van der Waals surface area contributed by atoms with Crippen LogP contribution in [0.4, 0.5) is 0 Å². The third-order valence-electron chi connectivity index (χ3n) is 2.20. The van der Waals surface area contributed by atoms with Crippen LogP contribution in [0.25, 0.3) is 0 Å². The van der Waals surface area contributed by atoms with E-state index in [2.05, 4.69) is 44.6 Å². The summed E-state index contributed by atoms with van der Waals surface area (Å²) in [7, 11) is -2.58. The van der Waals surface area contributed by atoms with Gasteiger partial charge in [-0.25, -0.2) is 0 Å². The van der Waals surface area contributed by atoms with Gasteiger partial charge in [0.15, 0.2) is 9.04 Å². The summed E-state index contributed by atoms with van der Waals surface area (Å²) >= 11 is 0. The van der Waals surface area contributed by atoms with Gasteiger partial charge in [0.05, 0.1) is 0 Å². The molecule has 3 nitrogen and oxygen atoms in total. The molecule has 0 aliphatic rings. The smallest absolute Gasteiger partial charge is 0.314 e. The molecule has 14 heavy (non-hydrogen) atoms. The van der Waals surface area contributed by atoms with Crippen molar-refractivity contribution >= 4 is 26.1 Å². The van der Waals surface area contributed by atoms with Crippen LogP contribution >= 0.6 is 0 Å². The Morgan fingerprint density at radius 3 is 2.00 bits per heavy atom. The lowest BCUT2D eigenvalue weighted by atomic mass is 11.0. The van der Waals surface area contributed by atoms with Crippen LogP contribution in [0.2, 0.25) is 38.8 Å². The summed E-state index contributed by atoms with van der Waals surface area (Å²) in [5.41, 5.74) is 0. The SMILES string of the molecule is CC[Si](C)(O[SiH](C)C)O[Si](C)(C)NC. The first-order valence-corrected chi connectivity index (χ1v) is 13.5. The molecule has 0 bridgehead atoms. The first kappa shape index (κ1) is 14.5. The van der Waals surface area contributed by atoms with Crippen LogP contribution in [0.1, 0.15) is 6.92 Å². The highest BCUT2D eigenvalue weighted by molar-refractivity contribution is 6.84. The molecule has 0 aromatic rings. The standard InChI is InChI=1S/C8H25NO2Si3/c1-8-14(7,10-12(3)4)11-13(5,6)9-2/h9,12H,8H2,1-7H3. The van der Waals surface area contributed by atoms with Gasteiger partial charge in [0.2, 0.25) is 0 Å². The van der Waals surface area contributed by atoms with Crippen molar-refractivity contribution in [2.75, 3.05) is 7.05 Å². The van der Waals surface area contributed by atoms with E-state index in [1.165, 1.54) is 0 Å². The van der Waals surface area contributed by atoms with Gasteiger partial charge in [0.25, 0.3) is 8.48 Å². The Morgan fingerprint density at radius 1 is 1.21 bits per heavy atom. The highest BCUT2D eigenvalue weighted by Gasteiger charge is 2.37. The second-order valence-electron chi connectivity index (χ2n) is 4.52. The molecule has 0 rings (SSSR count). The fraction of sp³-hybridized carbons (Fsp3) is 1.00. The lowest BCUT2D eigenvalue weighted by Gasteiger charge is -2.36. The van der Waals surface area contributed by atoms with Crippen molar-refractivity contribution in [1.82, 2.24) is 4.98 Å². The summed E-state index contributed by atoms with van der Waals surface area (Å²) in [6.45, 7) is 13.1. The van der Waals surface area contributed by atoms with Crippen molar-refractivity contribution in [3.63, 3.8) is 0 Å². The van der Waals surface area contributed by atoms with Crippen LogP contribution in [0.15, 0.2) is 0 Å². The summed E-state index contributed by atoms with van der Waals surface area (Å²) in [4.78, 5) is 3.29. The Hall–Kier alpha value is 0.531. The van der Waals surface area contributed by atoms with Gasteiger partial charge < -0.3 is 13.2 Å². The molecular weight excluding hydrogens is 226 g/mol. The van der Waals surface area contributed by atoms with E-state index in [1.54, 1.807) is 0 Å². The predicted molar refractivity (Wildman–Crippen MR) is 69.7 cm³/mol. The van der Waals surface area contributed by atoms with E-state index >= 15 is 0 Å². The van der Waals surface area contributed by atoms with E-state index in [0.717, 1.165) is 6.04 Å². The van der Waals surface area contributed by atoms with Gasteiger partial charge in [-0.2, -0.15) is 0 Å². The molecule has 1 N–H and O–H groups in total. The van der Waals surface area contributed by atoms with Crippen LogP contribution in [0, 0.1) is 0 Å². The van der Waals surface area contributed by atoms with E-state index in [4.69, 9.17) is 8.23 Å². The predicted octanol–water partition coefficient (Wildman–Crippen LogP) is 2.02. The van der Waals surface area contributed by atoms with Gasteiger partial charge in [0.1, 0.15) is 0 Å². The molecule has 86 valence electrons. The zero-order valence-corrected chi connectivity index (χ0v) is 13.8. The van der Waals surface area contributed by atoms with Crippen LogP contribution in [0.5, 0.6) is 0 Å². The molecule has 0 saturated carbocycles. The topological polar surface area (TPSA) is 30.5 Å². The lowest BCUT2D eigenvalue weighted by molar-refractivity contribution is 0.387. The molecule has 0 aromatic carbocycles. The molecular formula is C8H25NO2Si3. The van der Waals surface area contributed by atoms with Gasteiger partial charge in [-0.1, -0.05) is 6.92 Å². The van der Waals surface area contributed by atoms with Crippen molar-refractivity contribution in [2.45, 2.75) is 45.7 Å². The number of hydrogen-bond donors (Lipinski definition) is 1.